The fourth-order valence-electron chi connectivity index (χ4n) is 7.12. The van der Waals surface area contributed by atoms with E-state index in [1.54, 1.807) is 24.3 Å². The highest BCUT2D eigenvalue weighted by Crippen LogP contribution is 2.41. The molecule has 2 saturated carbocycles. The Hall–Kier alpha value is -2.59. The van der Waals surface area contributed by atoms with Gasteiger partial charge in [-0.25, -0.2) is 13.1 Å². The fraction of sp³-hybridized carbons (Fsp3) is 0.531. The molecule has 0 unspecified atom stereocenters. The lowest BCUT2D eigenvalue weighted by molar-refractivity contribution is 0.0461. The maximum absolute atomic E-state index is 13.4. The molecular weight excluding hydrogens is 576 g/mol. The number of carbonyl (C=O) groups is 1. The van der Waals surface area contributed by atoms with Crippen molar-refractivity contribution in [2.45, 2.75) is 75.4 Å². The molecule has 0 saturated heterocycles. The molecule has 0 spiro atoms. The summed E-state index contributed by atoms with van der Waals surface area (Å²) in [7, 11) is -4.05. The second kappa shape index (κ2) is 12.2. The molecule has 4 aliphatic rings. The number of sulfonamides is 1. The first kappa shape index (κ1) is 29.5. The van der Waals surface area contributed by atoms with Crippen LogP contribution in [0, 0.1) is 17.8 Å². The lowest BCUT2D eigenvalue weighted by Gasteiger charge is -2.42. The van der Waals surface area contributed by atoms with Crippen LogP contribution in [0.1, 0.15) is 66.4 Å². The third-order valence-electron chi connectivity index (χ3n) is 9.62. The Morgan fingerprint density at radius 3 is 2.67 bits per heavy atom. The van der Waals surface area contributed by atoms with Gasteiger partial charge in [0, 0.05) is 23.7 Å². The second-order valence-corrected chi connectivity index (χ2v) is 14.7. The normalized spacial score (nSPS) is 32.1. The zero-order valence-electron chi connectivity index (χ0n) is 23.6. The smallest absolute Gasteiger partial charge is 0.264 e. The third kappa shape index (κ3) is 6.20. The van der Waals surface area contributed by atoms with Gasteiger partial charge < -0.3 is 19.8 Å². The molecule has 2 heterocycles. The van der Waals surface area contributed by atoms with Crippen LogP contribution >= 0.6 is 11.6 Å². The van der Waals surface area contributed by atoms with Crippen molar-refractivity contribution in [2.75, 3.05) is 18.0 Å². The number of hydrogen-bond acceptors (Lipinski definition) is 7. The van der Waals surface area contributed by atoms with Crippen LogP contribution in [0.2, 0.25) is 5.02 Å². The van der Waals surface area contributed by atoms with Crippen molar-refractivity contribution in [2.24, 2.45) is 17.8 Å². The molecule has 0 radical (unpaired) electrons. The van der Waals surface area contributed by atoms with E-state index in [1.165, 1.54) is 0 Å². The molecule has 6 atom stereocenters. The topological polar surface area (TPSA) is 116 Å². The monoisotopic (exact) mass is 614 g/mol. The minimum absolute atomic E-state index is 0.0763. The number of allylic oxidation sites excluding steroid dienone is 1. The van der Waals surface area contributed by atoms with Gasteiger partial charge in [-0.15, -0.1) is 0 Å². The first-order valence-corrected chi connectivity index (χ1v) is 17.0. The Bertz CT molecular complexity index is 1460. The van der Waals surface area contributed by atoms with Crippen molar-refractivity contribution >= 4 is 33.2 Å². The predicted octanol–water partition coefficient (Wildman–Crippen LogP) is 4.61. The van der Waals surface area contributed by atoms with Gasteiger partial charge in [0.25, 0.3) is 5.91 Å². The SMILES string of the molecule is O=C1NS(=O)(=O)[C@H]2C[C@@H](O)C[C@@H]2C/C=C/[C@H](O)[C@@H]2CC[C@H]2CN2CCCCc3cc(Cl)ccc3COc3ccc1cc32. The third-order valence-corrected chi connectivity index (χ3v) is 11.7. The first-order chi connectivity index (χ1) is 20.2. The number of hydrogen-bond donors (Lipinski definition) is 3. The Kier molecular flexibility index (Phi) is 8.56. The molecule has 42 heavy (non-hydrogen) atoms. The highest BCUT2D eigenvalue weighted by molar-refractivity contribution is 7.90. The number of anilines is 1. The molecule has 3 N–H and O–H groups in total. The summed E-state index contributed by atoms with van der Waals surface area (Å²) < 4.78 is 35.5. The summed E-state index contributed by atoms with van der Waals surface area (Å²) in [6.45, 7) is 1.77. The van der Waals surface area contributed by atoms with Crippen LogP contribution in [0.3, 0.4) is 0 Å². The number of aliphatic hydroxyl groups is 2. The van der Waals surface area contributed by atoms with E-state index in [0.717, 1.165) is 55.5 Å². The van der Waals surface area contributed by atoms with Gasteiger partial charge in [0.05, 0.1) is 23.1 Å². The van der Waals surface area contributed by atoms with E-state index >= 15 is 0 Å². The van der Waals surface area contributed by atoms with E-state index < -0.39 is 33.4 Å². The summed E-state index contributed by atoms with van der Waals surface area (Å²) in [5.41, 5.74) is 3.20. The standard InChI is InChI=1S/C32H39ClN2O6S/c33-25-10-7-24-19-41-30-12-9-22-16-28(30)35(13-2-1-4-20(24)14-25)18-23-8-11-27(23)29(37)6-3-5-21-15-26(36)17-31(21)42(39,40)34-32(22)38/h3,6-7,9-10,12,14,16,21,23,26-27,29,31,36-37H,1-2,4-5,8,11,13,15,17-19H2,(H,34,38)/b6-3+/t21-,23-,26-,27+,29-,31-/m0/s1. The van der Waals surface area contributed by atoms with Crippen molar-refractivity contribution in [3.05, 3.63) is 70.3 Å². The number of aryl methyl sites for hydroxylation is 1. The van der Waals surface area contributed by atoms with E-state index in [2.05, 4.69) is 9.62 Å². The quantitative estimate of drug-likeness (QED) is 0.371. The number of benzene rings is 2. The van der Waals surface area contributed by atoms with Gasteiger partial charge in [-0.05, 0) is 111 Å². The summed E-state index contributed by atoms with van der Waals surface area (Å²) in [6.07, 6.45) is 7.76. The molecule has 2 bridgehead atoms. The van der Waals surface area contributed by atoms with Gasteiger partial charge in [-0.3, -0.25) is 4.79 Å². The maximum Gasteiger partial charge on any atom is 0.264 e. The van der Waals surface area contributed by atoms with Crippen LogP contribution in [0.25, 0.3) is 0 Å². The number of amides is 1. The van der Waals surface area contributed by atoms with E-state index in [9.17, 15) is 23.4 Å². The summed E-state index contributed by atoms with van der Waals surface area (Å²) in [6, 6.07) is 10.9. The van der Waals surface area contributed by atoms with Crippen LogP contribution in [0.5, 0.6) is 5.75 Å². The van der Waals surface area contributed by atoms with Gasteiger partial charge in [0.2, 0.25) is 10.0 Å². The van der Waals surface area contributed by atoms with Crippen LogP contribution in [-0.2, 0) is 23.1 Å². The van der Waals surface area contributed by atoms with Gasteiger partial charge in [0.1, 0.15) is 12.4 Å². The van der Waals surface area contributed by atoms with Gasteiger partial charge in [0.15, 0.2) is 0 Å². The molecule has 0 aromatic heterocycles. The van der Waals surface area contributed by atoms with E-state index in [1.807, 2.05) is 24.3 Å². The molecule has 8 nitrogen and oxygen atoms in total. The number of aliphatic hydroxyl groups excluding tert-OH is 2. The molecule has 1 amide bonds. The largest absolute Gasteiger partial charge is 0.487 e. The van der Waals surface area contributed by atoms with Crippen molar-refractivity contribution in [3.8, 4) is 5.75 Å². The Balaban J connectivity index is 1.38. The van der Waals surface area contributed by atoms with Crippen LogP contribution in [-0.4, -0.2) is 55.1 Å². The molecule has 6 rings (SSSR count). The second-order valence-electron chi connectivity index (χ2n) is 12.3. The lowest BCUT2D eigenvalue weighted by Crippen LogP contribution is -2.43. The molecule has 10 heteroatoms. The summed E-state index contributed by atoms with van der Waals surface area (Å²) in [4.78, 5) is 15.6. The zero-order chi connectivity index (χ0) is 29.4. The molecule has 2 aromatic rings. The van der Waals surface area contributed by atoms with Crippen molar-refractivity contribution < 1.29 is 28.2 Å². The Morgan fingerprint density at radius 2 is 1.86 bits per heavy atom. The number of rotatable bonds is 0. The van der Waals surface area contributed by atoms with Crippen LogP contribution in [0.15, 0.2) is 48.6 Å². The number of nitrogens with zero attached hydrogens (tertiary/aromatic N) is 1. The van der Waals surface area contributed by atoms with Gasteiger partial charge >= 0.3 is 0 Å². The van der Waals surface area contributed by atoms with Crippen LogP contribution in [0.4, 0.5) is 5.69 Å². The molecule has 2 fully saturated rings. The van der Waals surface area contributed by atoms with Gasteiger partial charge in [-0.1, -0.05) is 29.8 Å². The number of carbonyl (C=O) groups excluding carboxylic acids is 1. The highest BCUT2D eigenvalue weighted by atomic mass is 35.5. The van der Waals surface area contributed by atoms with Crippen molar-refractivity contribution in [1.29, 1.82) is 0 Å². The van der Waals surface area contributed by atoms with E-state index in [0.29, 0.717) is 36.8 Å². The average Bonchev–Trinajstić information content (AvgIpc) is 3.30. The Morgan fingerprint density at radius 1 is 1.00 bits per heavy atom. The number of nitrogens with one attached hydrogen (secondary N) is 1. The molecule has 2 aliphatic carbocycles. The minimum Gasteiger partial charge on any atom is -0.487 e. The zero-order valence-corrected chi connectivity index (χ0v) is 25.2. The number of ether oxygens (including phenoxy) is 1. The number of halogens is 1. The number of fused-ring (bicyclic) bond motifs is 4. The van der Waals surface area contributed by atoms with Crippen molar-refractivity contribution in [3.63, 3.8) is 0 Å². The highest BCUT2D eigenvalue weighted by Gasteiger charge is 2.42. The maximum atomic E-state index is 13.4. The van der Waals surface area contributed by atoms with Crippen molar-refractivity contribution in [1.82, 2.24) is 4.72 Å². The molecule has 2 aromatic carbocycles. The summed E-state index contributed by atoms with van der Waals surface area (Å²) in [5, 5.41) is 21.2. The summed E-state index contributed by atoms with van der Waals surface area (Å²) >= 11 is 6.30. The lowest BCUT2D eigenvalue weighted by atomic mass is 9.70. The van der Waals surface area contributed by atoms with E-state index in [4.69, 9.17) is 16.3 Å². The minimum atomic E-state index is -4.05. The molecule has 226 valence electrons. The Labute approximate surface area is 252 Å². The average molecular weight is 615 g/mol. The molecular formula is C32H39ClN2O6S. The first-order valence-electron chi connectivity index (χ1n) is 15.1. The summed E-state index contributed by atoms with van der Waals surface area (Å²) in [5.74, 6) is -0.0398. The predicted molar refractivity (Wildman–Crippen MR) is 162 cm³/mol. The molecule has 2 aliphatic heterocycles. The van der Waals surface area contributed by atoms with Gasteiger partial charge in [-0.2, -0.15) is 0 Å². The van der Waals surface area contributed by atoms with Crippen LogP contribution < -0.4 is 14.4 Å². The fourth-order valence-corrected chi connectivity index (χ4v) is 9.05. The van der Waals surface area contributed by atoms with E-state index in [-0.39, 0.29) is 29.7 Å².